The number of aromatic nitrogens is 4. The fraction of sp³-hybridized carbons (Fsp3) is 0.125. The van der Waals surface area contributed by atoms with Crippen molar-refractivity contribution < 1.29 is 14.3 Å². The topological polar surface area (TPSA) is 101 Å². The summed E-state index contributed by atoms with van der Waals surface area (Å²) in [5.41, 5.74) is -0.280. The van der Waals surface area contributed by atoms with Gasteiger partial charge in [-0.15, -0.1) is 0 Å². The van der Waals surface area contributed by atoms with Crippen LogP contribution in [0.1, 0.15) is 27.6 Å². The average molecular weight is 328 g/mol. The molecule has 0 saturated heterocycles. The third kappa shape index (κ3) is 2.63. The Morgan fingerprint density at radius 1 is 1.25 bits per heavy atom. The van der Waals surface area contributed by atoms with E-state index in [1.54, 1.807) is 30.3 Å². The van der Waals surface area contributed by atoms with Gasteiger partial charge in [0.15, 0.2) is 5.78 Å². The third-order valence-electron chi connectivity index (χ3n) is 3.71. The van der Waals surface area contributed by atoms with Gasteiger partial charge in [0.1, 0.15) is 11.9 Å². The van der Waals surface area contributed by atoms with Gasteiger partial charge in [0.25, 0.3) is 0 Å². The maximum absolute atomic E-state index is 14.0. The summed E-state index contributed by atoms with van der Waals surface area (Å²) in [5.74, 6) is -1.22. The van der Waals surface area contributed by atoms with Gasteiger partial charge in [0, 0.05) is 11.1 Å². The normalized spacial score (nSPS) is 12.1. The number of aliphatic hydroxyl groups excluding tert-OH is 1. The summed E-state index contributed by atoms with van der Waals surface area (Å²) < 4.78 is 14.8. The molecule has 0 fully saturated rings. The molecular weight excluding hydrogens is 315 g/mol. The number of Topliss-reactive ketones (excluding diaryl/α,β-unsaturated/α-hetero) is 1. The second-order valence-electron chi connectivity index (χ2n) is 5.16. The maximum Gasteiger partial charge on any atom is 0.365 e. The number of nitrogens with one attached hydrogen (secondary N) is 1. The predicted octanol–water partition coefficient (Wildman–Crippen LogP) is 1.32. The minimum absolute atomic E-state index is 0.0279. The molecule has 0 aliphatic carbocycles. The summed E-state index contributed by atoms with van der Waals surface area (Å²) in [4.78, 5) is 24.3. The average Bonchev–Trinajstić information content (AvgIpc) is 3.02. The lowest BCUT2D eigenvalue weighted by molar-refractivity contribution is 0.0745. The van der Waals surface area contributed by atoms with Crippen LogP contribution in [0.4, 0.5) is 4.39 Å². The number of nitrogens with zero attached hydrogens (tertiary/aromatic N) is 3. The van der Waals surface area contributed by atoms with E-state index in [0.29, 0.717) is 0 Å². The van der Waals surface area contributed by atoms with Gasteiger partial charge in [-0.1, -0.05) is 30.3 Å². The number of tetrazole rings is 1. The molecule has 2 aromatic carbocycles. The molecule has 1 unspecified atom stereocenters. The van der Waals surface area contributed by atoms with Gasteiger partial charge in [-0.2, -0.15) is 4.68 Å². The predicted molar refractivity (Wildman–Crippen MR) is 82.4 cm³/mol. The van der Waals surface area contributed by atoms with Crippen molar-refractivity contribution in [1.82, 2.24) is 20.2 Å². The Balaban J connectivity index is 2.16. The number of H-pyrrole nitrogens is 1. The van der Waals surface area contributed by atoms with Crippen molar-refractivity contribution in [2.24, 2.45) is 0 Å². The first-order valence-corrected chi connectivity index (χ1v) is 7.07. The Bertz CT molecular complexity index is 949. The number of rotatable bonds is 4. The molecule has 0 aliphatic rings. The first-order valence-electron chi connectivity index (χ1n) is 7.07. The third-order valence-corrected chi connectivity index (χ3v) is 3.71. The van der Waals surface area contributed by atoms with E-state index in [-0.39, 0.29) is 22.4 Å². The van der Waals surface area contributed by atoms with Gasteiger partial charge in [-0.25, -0.2) is 14.3 Å². The Hall–Kier alpha value is -3.13. The lowest BCUT2D eigenvalue weighted by Gasteiger charge is -2.17. The molecule has 0 bridgehead atoms. The zero-order valence-corrected chi connectivity index (χ0v) is 12.6. The number of aromatic amines is 1. The molecule has 0 saturated carbocycles. The lowest BCUT2D eigenvalue weighted by atomic mass is 9.94. The van der Waals surface area contributed by atoms with Gasteiger partial charge >= 0.3 is 5.69 Å². The molecular formula is C16H13FN4O3. The Morgan fingerprint density at radius 3 is 2.58 bits per heavy atom. The van der Waals surface area contributed by atoms with E-state index < -0.39 is 23.4 Å². The van der Waals surface area contributed by atoms with Gasteiger partial charge in [0.05, 0.1) is 5.69 Å². The summed E-state index contributed by atoms with van der Waals surface area (Å²) in [7, 11) is 0. The summed E-state index contributed by atoms with van der Waals surface area (Å²) in [6.07, 6.45) is -1.65. The Morgan fingerprint density at radius 2 is 1.96 bits per heavy atom. The van der Waals surface area contributed by atoms with Crippen molar-refractivity contribution in [3.63, 3.8) is 0 Å². The van der Waals surface area contributed by atoms with Gasteiger partial charge in [-0.05, 0) is 35.0 Å². The molecule has 122 valence electrons. The molecule has 3 rings (SSSR count). The smallest absolute Gasteiger partial charge is 0.365 e. The fourth-order valence-corrected chi connectivity index (χ4v) is 2.46. The van der Waals surface area contributed by atoms with Crippen LogP contribution in [0, 0.1) is 12.7 Å². The number of hydrogen-bond donors (Lipinski definition) is 2. The van der Waals surface area contributed by atoms with E-state index in [2.05, 4.69) is 15.5 Å². The number of benzene rings is 2. The van der Waals surface area contributed by atoms with Crippen LogP contribution in [-0.2, 0) is 0 Å². The van der Waals surface area contributed by atoms with Crippen molar-refractivity contribution in [2.75, 3.05) is 0 Å². The van der Waals surface area contributed by atoms with E-state index in [0.717, 1.165) is 10.7 Å². The quantitative estimate of drug-likeness (QED) is 0.704. The Kier molecular flexibility index (Phi) is 4.05. The van der Waals surface area contributed by atoms with E-state index in [4.69, 9.17) is 0 Å². The summed E-state index contributed by atoms with van der Waals surface area (Å²) >= 11 is 0. The SMILES string of the molecule is Cc1c(F)ccc(-n2nn[nH]c2=O)c1C(O)C(=O)c1ccccc1. The highest BCUT2D eigenvalue weighted by Crippen LogP contribution is 2.28. The number of halogens is 1. The zero-order valence-electron chi connectivity index (χ0n) is 12.6. The van der Waals surface area contributed by atoms with E-state index in [1.165, 1.54) is 13.0 Å². The number of hydrogen-bond acceptors (Lipinski definition) is 5. The molecule has 1 aromatic heterocycles. The van der Waals surface area contributed by atoms with Gasteiger partial charge in [-0.3, -0.25) is 4.79 Å². The molecule has 2 N–H and O–H groups in total. The van der Waals surface area contributed by atoms with Crippen LogP contribution in [0.3, 0.4) is 0 Å². The van der Waals surface area contributed by atoms with Crippen LogP contribution < -0.4 is 5.69 Å². The van der Waals surface area contributed by atoms with Crippen LogP contribution in [0.5, 0.6) is 0 Å². The van der Waals surface area contributed by atoms with Crippen LogP contribution in [0.2, 0.25) is 0 Å². The molecule has 0 spiro atoms. The fourth-order valence-electron chi connectivity index (χ4n) is 2.46. The number of carbonyl (C=O) groups excluding carboxylic acids is 1. The summed E-state index contributed by atoms with van der Waals surface area (Å²) in [5, 5.41) is 19.6. The zero-order chi connectivity index (χ0) is 17.3. The highest BCUT2D eigenvalue weighted by atomic mass is 19.1. The van der Waals surface area contributed by atoms with Crippen molar-refractivity contribution in [1.29, 1.82) is 0 Å². The molecule has 1 atom stereocenters. The first-order chi connectivity index (χ1) is 11.5. The second-order valence-corrected chi connectivity index (χ2v) is 5.16. The van der Waals surface area contributed by atoms with E-state index in [9.17, 15) is 19.1 Å². The molecule has 24 heavy (non-hydrogen) atoms. The summed E-state index contributed by atoms with van der Waals surface area (Å²) in [6.45, 7) is 1.42. The highest BCUT2D eigenvalue weighted by molar-refractivity contribution is 6.00. The van der Waals surface area contributed by atoms with Crippen LogP contribution >= 0.6 is 0 Å². The lowest BCUT2D eigenvalue weighted by Crippen LogP contribution is -2.22. The second kappa shape index (κ2) is 6.17. The number of carbonyl (C=O) groups is 1. The minimum Gasteiger partial charge on any atom is -0.380 e. The molecule has 0 amide bonds. The minimum atomic E-state index is -1.65. The highest BCUT2D eigenvalue weighted by Gasteiger charge is 2.27. The van der Waals surface area contributed by atoms with Crippen molar-refractivity contribution in [3.05, 3.63) is 75.5 Å². The standard InChI is InChI=1S/C16H13FN4O3/c1-9-11(17)7-8-12(21-16(24)18-19-20-21)13(9)15(23)14(22)10-5-3-2-4-6-10/h2-8,15,23H,1H3,(H,18,20,24). The van der Waals surface area contributed by atoms with E-state index >= 15 is 0 Å². The van der Waals surface area contributed by atoms with Crippen LogP contribution in [0.25, 0.3) is 5.69 Å². The molecule has 7 nitrogen and oxygen atoms in total. The first kappa shape index (κ1) is 15.8. The van der Waals surface area contributed by atoms with Gasteiger partial charge in [0.2, 0.25) is 0 Å². The largest absolute Gasteiger partial charge is 0.380 e. The molecule has 8 heteroatoms. The molecule has 0 radical (unpaired) electrons. The molecule has 1 heterocycles. The molecule has 3 aromatic rings. The monoisotopic (exact) mass is 328 g/mol. The van der Waals surface area contributed by atoms with Crippen molar-refractivity contribution in [2.45, 2.75) is 13.0 Å². The van der Waals surface area contributed by atoms with Crippen LogP contribution in [0.15, 0.2) is 47.3 Å². The maximum atomic E-state index is 14.0. The van der Waals surface area contributed by atoms with Crippen LogP contribution in [-0.4, -0.2) is 31.1 Å². The number of aliphatic hydroxyl groups is 1. The van der Waals surface area contributed by atoms with Crippen molar-refractivity contribution >= 4 is 5.78 Å². The van der Waals surface area contributed by atoms with Gasteiger partial charge < -0.3 is 5.11 Å². The van der Waals surface area contributed by atoms with Crippen molar-refractivity contribution in [3.8, 4) is 5.69 Å². The number of ketones is 1. The molecule has 0 aliphatic heterocycles. The Labute approximate surface area is 135 Å². The summed E-state index contributed by atoms with van der Waals surface area (Å²) in [6, 6.07) is 10.5. The van der Waals surface area contributed by atoms with E-state index in [1.807, 2.05) is 0 Å².